The summed E-state index contributed by atoms with van der Waals surface area (Å²) in [6, 6.07) is 5.91. The summed E-state index contributed by atoms with van der Waals surface area (Å²) in [6.07, 6.45) is 1.59. The summed E-state index contributed by atoms with van der Waals surface area (Å²) in [5, 5.41) is 8.93. The summed E-state index contributed by atoms with van der Waals surface area (Å²) in [4.78, 5) is 0.102. The van der Waals surface area contributed by atoms with Crippen LogP contribution in [0.15, 0.2) is 23.1 Å². The van der Waals surface area contributed by atoms with E-state index in [1.165, 1.54) is 22.5 Å². The molecule has 0 aromatic heterocycles. The SMILES string of the molecule is N#Cc1ccc(S(=O)(=O)N2CCCC(N)C2)cc1Cl. The standard InChI is InChI=1S/C12H14ClN3O2S/c13-12-6-11(4-3-9(12)7-14)19(17,18)16-5-1-2-10(15)8-16/h3-4,6,10H,1-2,5,8,15H2. The van der Waals surface area contributed by atoms with Crippen LogP contribution in [0.1, 0.15) is 18.4 Å². The van der Waals surface area contributed by atoms with E-state index in [-0.39, 0.29) is 21.5 Å². The Balaban J connectivity index is 2.34. The van der Waals surface area contributed by atoms with Crippen LogP contribution in [0, 0.1) is 11.3 Å². The van der Waals surface area contributed by atoms with E-state index < -0.39 is 10.0 Å². The van der Waals surface area contributed by atoms with Crippen LogP contribution in [0.5, 0.6) is 0 Å². The summed E-state index contributed by atoms with van der Waals surface area (Å²) in [6.45, 7) is 0.785. The van der Waals surface area contributed by atoms with Gasteiger partial charge in [0.2, 0.25) is 10.0 Å². The molecule has 1 fully saturated rings. The molecule has 0 bridgehead atoms. The Morgan fingerprint density at radius 1 is 1.47 bits per heavy atom. The van der Waals surface area contributed by atoms with Gasteiger partial charge in [-0.25, -0.2) is 8.42 Å². The van der Waals surface area contributed by atoms with E-state index in [4.69, 9.17) is 22.6 Å². The molecule has 2 N–H and O–H groups in total. The third-order valence-corrected chi connectivity index (χ3v) is 5.29. The highest BCUT2D eigenvalue weighted by atomic mass is 35.5. The first-order chi connectivity index (χ1) is 8.95. The summed E-state index contributed by atoms with van der Waals surface area (Å²) in [5.41, 5.74) is 6.06. The van der Waals surface area contributed by atoms with Crippen molar-refractivity contribution < 1.29 is 8.42 Å². The molecule has 1 aromatic carbocycles. The zero-order valence-electron chi connectivity index (χ0n) is 10.2. The molecule has 0 spiro atoms. The van der Waals surface area contributed by atoms with Gasteiger partial charge in [0.15, 0.2) is 0 Å². The number of hydrogen-bond donors (Lipinski definition) is 1. The molecule has 102 valence electrons. The van der Waals surface area contributed by atoms with Crippen molar-refractivity contribution in [3.8, 4) is 6.07 Å². The molecule has 1 unspecified atom stereocenters. The first kappa shape index (κ1) is 14.3. The highest BCUT2D eigenvalue weighted by Crippen LogP contribution is 2.24. The smallest absolute Gasteiger partial charge is 0.243 e. The van der Waals surface area contributed by atoms with Crippen molar-refractivity contribution in [1.82, 2.24) is 4.31 Å². The number of sulfonamides is 1. The second-order valence-electron chi connectivity index (χ2n) is 4.52. The van der Waals surface area contributed by atoms with Gasteiger partial charge in [-0.15, -0.1) is 0 Å². The Kier molecular flexibility index (Phi) is 4.11. The number of hydrogen-bond acceptors (Lipinski definition) is 4. The van der Waals surface area contributed by atoms with Crippen LogP contribution in [0.4, 0.5) is 0 Å². The van der Waals surface area contributed by atoms with Gasteiger partial charge in [0, 0.05) is 19.1 Å². The first-order valence-corrected chi connectivity index (χ1v) is 7.72. The lowest BCUT2D eigenvalue weighted by Crippen LogP contribution is -2.45. The minimum atomic E-state index is -3.58. The van der Waals surface area contributed by atoms with Gasteiger partial charge < -0.3 is 5.73 Å². The molecule has 2 rings (SSSR count). The van der Waals surface area contributed by atoms with E-state index in [2.05, 4.69) is 0 Å². The van der Waals surface area contributed by atoms with Gasteiger partial charge in [-0.1, -0.05) is 11.6 Å². The molecule has 1 aliphatic heterocycles. The van der Waals surface area contributed by atoms with Gasteiger partial charge in [0.1, 0.15) is 6.07 Å². The first-order valence-electron chi connectivity index (χ1n) is 5.90. The van der Waals surface area contributed by atoms with Gasteiger partial charge in [-0.05, 0) is 31.0 Å². The lowest BCUT2D eigenvalue weighted by atomic mass is 10.1. The van der Waals surface area contributed by atoms with E-state index in [0.29, 0.717) is 13.1 Å². The van der Waals surface area contributed by atoms with E-state index in [1.807, 2.05) is 6.07 Å². The van der Waals surface area contributed by atoms with Gasteiger partial charge in [-0.3, -0.25) is 0 Å². The molecule has 0 saturated carbocycles. The van der Waals surface area contributed by atoms with Crippen molar-refractivity contribution in [1.29, 1.82) is 5.26 Å². The lowest BCUT2D eigenvalue weighted by Gasteiger charge is -2.29. The van der Waals surface area contributed by atoms with Crippen molar-refractivity contribution in [3.05, 3.63) is 28.8 Å². The number of rotatable bonds is 2. The van der Waals surface area contributed by atoms with Crippen molar-refractivity contribution in [2.45, 2.75) is 23.8 Å². The minimum absolute atomic E-state index is 0.102. The van der Waals surface area contributed by atoms with E-state index >= 15 is 0 Å². The van der Waals surface area contributed by atoms with Crippen LogP contribution in [0.25, 0.3) is 0 Å². The van der Waals surface area contributed by atoms with Crippen molar-refractivity contribution >= 4 is 21.6 Å². The average Bonchev–Trinajstić information content (AvgIpc) is 2.38. The molecule has 1 aliphatic rings. The van der Waals surface area contributed by atoms with E-state index in [9.17, 15) is 8.42 Å². The summed E-state index contributed by atoms with van der Waals surface area (Å²) in [7, 11) is -3.58. The quantitative estimate of drug-likeness (QED) is 0.892. The van der Waals surface area contributed by atoms with Gasteiger partial charge in [-0.2, -0.15) is 9.57 Å². The monoisotopic (exact) mass is 299 g/mol. The molecule has 1 heterocycles. The fourth-order valence-corrected chi connectivity index (χ4v) is 3.94. The Morgan fingerprint density at radius 3 is 2.79 bits per heavy atom. The zero-order chi connectivity index (χ0) is 14.0. The molecule has 19 heavy (non-hydrogen) atoms. The van der Waals surface area contributed by atoms with Crippen LogP contribution in [0.3, 0.4) is 0 Å². The van der Waals surface area contributed by atoms with Crippen molar-refractivity contribution in [2.75, 3.05) is 13.1 Å². The third-order valence-electron chi connectivity index (χ3n) is 3.12. The summed E-state index contributed by atoms with van der Waals surface area (Å²) in [5.74, 6) is 0. The maximum absolute atomic E-state index is 12.4. The predicted octanol–water partition coefficient (Wildman–Crippen LogP) is 1.32. The molecule has 0 amide bonds. The summed E-state index contributed by atoms with van der Waals surface area (Å²) >= 11 is 5.87. The minimum Gasteiger partial charge on any atom is -0.327 e. The number of halogens is 1. The molecule has 1 saturated heterocycles. The van der Waals surface area contributed by atoms with Crippen LogP contribution in [0.2, 0.25) is 5.02 Å². The molecule has 1 atom stereocenters. The van der Waals surface area contributed by atoms with Gasteiger partial charge in [0.25, 0.3) is 0 Å². The number of benzene rings is 1. The van der Waals surface area contributed by atoms with E-state index in [1.54, 1.807) is 0 Å². The number of nitrogens with two attached hydrogens (primary N) is 1. The Labute approximate surface area is 117 Å². The molecule has 0 aliphatic carbocycles. The fourth-order valence-electron chi connectivity index (χ4n) is 2.09. The maximum Gasteiger partial charge on any atom is 0.243 e. The normalized spacial score (nSPS) is 21.0. The Morgan fingerprint density at radius 2 is 2.21 bits per heavy atom. The molecular formula is C12H14ClN3O2S. The summed E-state index contributed by atoms with van der Waals surface area (Å²) < 4.78 is 26.2. The predicted molar refractivity (Wildman–Crippen MR) is 72.1 cm³/mol. The van der Waals surface area contributed by atoms with Gasteiger partial charge >= 0.3 is 0 Å². The average molecular weight is 300 g/mol. The topological polar surface area (TPSA) is 87.2 Å². The second-order valence-corrected chi connectivity index (χ2v) is 6.86. The molecule has 5 nitrogen and oxygen atoms in total. The van der Waals surface area contributed by atoms with Crippen molar-refractivity contribution in [2.24, 2.45) is 5.73 Å². The number of piperidine rings is 1. The van der Waals surface area contributed by atoms with Crippen LogP contribution in [-0.4, -0.2) is 31.9 Å². The van der Waals surface area contributed by atoms with Crippen LogP contribution >= 0.6 is 11.6 Å². The number of nitrogens with zero attached hydrogens (tertiary/aromatic N) is 2. The maximum atomic E-state index is 12.4. The lowest BCUT2D eigenvalue weighted by molar-refractivity contribution is 0.316. The Bertz CT molecular complexity index is 624. The largest absolute Gasteiger partial charge is 0.327 e. The second kappa shape index (κ2) is 5.47. The molecule has 0 radical (unpaired) electrons. The van der Waals surface area contributed by atoms with Crippen LogP contribution in [-0.2, 0) is 10.0 Å². The highest BCUT2D eigenvalue weighted by molar-refractivity contribution is 7.89. The highest BCUT2D eigenvalue weighted by Gasteiger charge is 2.29. The molecular weight excluding hydrogens is 286 g/mol. The van der Waals surface area contributed by atoms with Crippen molar-refractivity contribution in [3.63, 3.8) is 0 Å². The molecule has 7 heteroatoms. The Hall–Kier alpha value is -1.13. The van der Waals surface area contributed by atoms with Crippen LogP contribution < -0.4 is 5.73 Å². The third kappa shape index (κ3) is 2.90. The van der Waals surface area contributed by atoms with E-state index in [0.717, 1.165) is 12.8 Å². The number of nitriles is 1. The zero-order valence-corrected chi connectivity index (χ0v) is 11.8. The van der Waals surface area contributed by atoms with Gasteiger partial charge in [0.05, 0.1) is 15.5 Å². The molecule has 1 aromatic rings. The fraction of sp³-hybridized carbons (Fsp3) is 0.417.